The molecule has 0 aliphatic rings. The topological polar surface area (TPSA) is 36.4 Å². The Labute approximate surface area is 91.1 Å². The van der Waals surface area contributed by atoms with Gasteiger partial charge in [-0.05, 0) is 25.0 Å². The largest absolute Gasteiger partial charge is 0.390 e. The van der Waals surface area contributed by atoms with Gasteiger partial charge in [0, 0.05) is 13.6 Å². The molecule has 0 bridgehead atoms. The van der Waals surface area contributed by atoms with Gasteiger partial charge in [0.15, 0.2) is 0 Å². The van der Waals surface area contributed by atoms with E-state index in [0.717, 1.165) is 25.2 Å². The van der Waals surface area contributed by atoms with Gasteiger partial charge in [-0.15, -0.1) is 6.58 Å². The number of pyridine rings is 1. The highest BCUT2D eigenvalue weighted by Crippen LogP contribution is 2.10. The van der Waals surface area contributed by atoms with Crippen LogP contribution in [-0.4, -0.2) is 23.7 Å². The van der Waals surface area contributed by atoms with Gasteiger partial charge in [0.25, 0.3) is 0 Å². The van der Waals surface area contributed by atoms with Gasteiger partial charge in [-0.25, -0.2) is 4.98 Å². The third-order valence-corrected chi connectivity index (χ3v) is 2.25. The maximum absolute atomic E-state index is 8.96. The zero-order chi connectivity index (χ0) is 11.1. The molecule has 15 heavy (non-hydrogen) atoms. The highest BCUT2D eigenvalue weighted by molar-refractivity contribution is 5.37. The van der Waals surface area contributed by atoms with Crippen LogP contribution in [0.2, 0.25) is 0 Å². The fourth-order valence-corrected chi connectivity index (χ4v) is 1.35. The van der Waals surface area contributed by atoms with Crippen LogP contribution < -0.4 is 4.90 Å². The van der Waals surface area contributed by atoms with Crippen LogP contribution in [0.4, 0.5) is 5.82 Å². The first-order valence-corrected chi connectivity index (χ1v) is 5.16. The summed E-state index contributed by atoms with van der Waals surface area (Å²) in [6.45, 7) is 4.64. The number of nitrogens with zero attached hydrogens (tertiary/aromatic N) is 2. The Balaban J connectivity index is 2.56. The summed E-state index contributed by atoms with van der Waals surface area (Å²) in [4.78, 5) is 6.41. The molecule has 0 aromatic carbocycles. The number of aromatic nitrogens is 1. The smallest absolute Gasteiger partial charge is 0.128 e. The van der Waals surface area contributed by atoms with E-state index >= 15 is 0 Å². The van der Waals surface area contributed by atoms with E-state index in [-0.39, 0.29) is 6.61 Å². The minimum Gasteiger partial charge on any atom is -0.390 e. The van der Waals surface area contributed by atoms with Gasteiger partial charge in [0.2, 0.25) is 0 Å². The van der Waals surface area contributed by atoms with Crippen molar-refractivity contribution in [2.24, 2.45) is 0 Å². The van der Waals surface area contributed by atoms with Crippen molar-refractivity contribution < 1.29 is 5.11 Å². The fraction of sp³-hybridized carbons (Fsp3) is 0.417. The lowest BCUT2D eigenvalue weighted by Gasteiger charge is -2.18. The molecule has 0 fully saturated rings. The first-order valence-electron chi connectivity index (χ1n) is 5.16. The van der Waals surface area contributed by atoms with E-state index in [0.29, 0.717) is 5.69 Å². The van der Waals surface area contributed by atoms with Crippen molar-refractivity contribution >= 4 is 5.82 Å². The number of rotatable bonds is 6. The van der Waals surface area contributed by atoms with Crippen LogP contribution in [-0.2, 0) is 6.61 Å². The second-order valence-electron chi connectivity index (χ2n) is 3.50. The van der Waals surface area contributed by atoms with E-state index in [1.165, 1.54) is 0 Å². The number of aliphatic hydroxyl groups is 1. The van der Waals surface area contributed by atoms with E-state index in [4.69, 9.17) is 5.11 Å². The van der Waals surface area contributed by atoms with Gasteiger partial charge in [0.1, 0.15) is 5.82 Å². The summed E-state index contributed by atoms with van der Waals surface area (Å²) in [6.07, 6.45) is 4.01. The average molecular weight is 206 g/mol. The van der Waals surface area contributed by atoms with E-state index in [1.807, 2.05) is 31.3 Å². The molecule has 0 aliphatic carbocycles. The summed E-state index contributed by atoms with van der Waals surface area (Å²) in [5.41, 5.74) is 0.711. The fourth-order valence-electron chi connectivity index (χ4n) is 1.35. The summed E-state index contributed by atoms with van der Waals surface area (Å²) >= 11 is 0. The molecule has 0 saturated heterocycles. The predicted molar refractivity (Wildman–Crippen MR) is 62.9 cm³/mol. The molecule has 0 amide bonds. The van der Waals surface area contributed by atoms with E-state index in [9.17, 15) is 0 Å². The Kier molecular flexibility index (Phi) is 4.84. The molecule has 3 heteroatoms. The van der Waals surface area contributed by atoms with Gasteiger partial charge in [-0.3, -0.25) is 0 Å². The van der Waals surface area contributed by atoms with Gasteiger partial charge in [-0.1, -0.05) is 12.1 Å². The maximum Gasteiger partial charge on any atom is 0.128 e. The molecule has 0 atom stereocenters. The van der Waals surface area contributed by atoms with Crippen molar-refractivity contribution in [1.29, 1.82) is 0 Å². The Morgan fingerprint density at radius 1 is 1.53 bits per heavy atom. The van der Waals surface area contributed by atoms with Crippen LogP contribution in [0.15, 0.2) is 30.9 Å². The Bertz CT molecular complexity index is 312. The molecule has 1 N–H and O–H groups in total. The highest BCUT2D eigenvalue weighted by atomic mass is 16.3. The molecular formula is C12H18N2O. The zero-order valence-corrected chi connectivity index (χ0v) is 9.19. The second kappa shape index (κ2) is 6.19. The van der Waals surface area contributed by atoms with Crippen molar-refractivity contribution in [3.05, 3.63) is 36.5 Å². The molecule has 3 nitrogen and oxygen atoms in total. The average Bonchev–Trinajstić information content (AvgIpc) is 2.29. The zero-order valence-electron chi connectivity index (χ0n) is 9.19. The Morgan fingerprint density at radius 3 is 3.00 bits per heavy atom. The van der Waals surface area contributed by atoms with Gasteiger partial charge in [-0.2, -0.15) is 0 Å². The Hall–Kier alpha value is -1.35. The highest BCUT2D eigenvalue weighted by Gasteiger charge is 2.02. The summed E-state index contributed by atoms with van der Waals surface area (Å²) in [5, 5.41) is 8.96. The van der Waals surface area contributed by atoms with Crippen molar-refractivity contribution in [2.75, 3.05) is 18.5 Å². The van der Waals surface area contributed by atoms with Crippen LogP contribution in [0, 0.1) is 0 Å². The van der Waals surface area contributed by atoms with E-state index < -0.39 is 0 Å². The van der Waals surface area contributed by atoms with E-state index in [1.54, 1.807) is 0 Å². The third kappa shape index (κ3) is 3.72. The van der Waals surface area contributed by atoms with E-state index in [2.05, 4.69) is 16.5 Å². The molecule has 1 rings (SSSR count). The van der Waals surface area contributed by atoms with Gasteiger partial charge < -0.3 is 10.0 Å². The summed E-state index contributed by atoms with van der Waals surface area (Å²) in [5.74, 6) is 0.908. The van der Waals surface area contributed by atoms with Crippen LogP contribution in [0.25, 0.3) is 0 Å². The minimum atomic E-state index is -0.00562. The Morgan fingerprint density at radius 2 is 2.33 bits per heavy atom. The van der Waals surface area contributed by atoms with Crippen LogP contribution >= 0.6 is 0 Å². The lowest BCUT2D eigenvalue weighted by molar-refractivity contribution is 0.277. The van der Waals surface area contributed by atoms with Crippen molar-refractivity contribution in [1.82, 2.24) is 4.98 Å². The number of anilines is 1. The van der Waals surface area contributed by atoms with Gasteiger partial charge >= 0.3 is 0 Å². The summed E-state index contributed by atoms with van der Waals surface area (Å²) in [7, 11) is 2.01. The lowest BCUT2D eigenvalue weighted by Crippen LogP contribution is -2.19. The molecule has 82 valence electrons. The number of hydrogen-bond donors (Lipinski definition) is 1. The molecule has 0 aliphatic heterocycles. The summed E-state index contributed by atoms with van der Waals surface area (Å²) < 4.78 is 0. The minimum absolute atomic E-state index is 0.00562. The van der Waals surface area contributed by atoms with Crippen LogP contribution in [0.5, 0.6) is 0 Å². The van der Waals surface area contributed by atoms with Crippen LogP contribution in [0.3, 0.4) is 0 Å². The molecule has 1 aromatic heterocycles. The molecule has 0 spiro atoms. The summed E-state index contributed by atoms with van der Waals surface area (Å²) in [6, 6.07) is 5.69. The van der Waals surface area contributed by atoms with Crippen molar-refractivity contribution in [3.63, 3.8) is 0 Å². The van der Waals surface area contributed by atoms with Crippen molar-refractivity contribution in [2.45, 2.75) is 19.4 Å². The second-order valence-corrected chi connectivity index (χ2v) is 3.50. The predicted octanol–water partition coefficient (Wildman–Crippen LogP) is 1.98. The monoisotopic (exact) mass is 206 g/mol. The number of allylic oxidation sites excluding steroid dienone is 1. The molecule has 1 aromatic rings. The first kappa shape index (κ1) is 11.7. The molecule has 0 saturated carbocycles. The molecular weight excluding hydrogens is 188 g/mol. The molecule has 0 radical (unpaired) electrons. The standard InChI is InChI=1S/C12H18N2O/c1-3-4-5-9-14(2)12-8-6-7-11(10-15)13-12/h3,6-8,15H,1,4-5,9-10H2,2H3. The molecule has 0 unspecified atom stereocenters. The molecule has 1 heterocycles. The quantitative estimate of drug-likeness (QED) is 0.571. The lowest BCUT2D eigenvalue weighted by atomic mass is 10.3. The van der Waals surface area contributed by atoms with Gasteiger partial charge in [0.05, 0.1) is 12.3 Å². The SMILES string of the molecule is C=CCCCN(C)c1cccc(CO)n1. The number of aliphatic hydroxyl groups excluding tert-OH is 1. The third-order valence-electron chi connectivity index (χ3n) is 2.25. The normalized spacial score (nSPS) is 10.0. The number of unbranched alkanes of at least 4 members (excludes halogenated alkanes) is 1. The van der Waals surface area contributed by atoms with Crippen molar-refractivity contribution in [3.8, 4) is 0 Å². The maximum atomic E-state index is 8.96. The first-order chi connectivity index (χ1) is 7.27. The number of hydrogen-bond acceptors (Lipinski definition) is 3. The van der Waals surface area contributed by atoms with Crippen LogP contribution in [0.1, 0.15) is 18.5 Å².